The van der Waals surface area contributed by atoms with E-state index in [1.54, 1.807) is 18.2 Å². The number of carbonyl (C=O) groups excluding carboxylic acids is 2. The van der Waals surface area contributed by atoms with Crippen molar-refractivity contribution in [3.05, 3.63) is 116 Å². The molecule has 2 aromatic heterocycles. The van der Waals surface area contributed by atoms with Crippen molar-refractivity contribution < 1.29 is 41.0 Å². The molecule has 0 unspecified atom stereocenters. The largest absolute Gasteiger partial charge is 0.462 e. The fourth-order valence-corrected chi connectivity index (χ4v) is 6.69. The number of rotatable bonds is 9. The molecule has 2 fully saturated rings. The van der Waals surface area contributed by atoms with E-state index in [0.29, 0.717) is 23.2 Å². The highest BCUT2D eigenvalue weighted by Crippen LogP contribution is 2.56. The number of nitrogens with two attached hydrogens (primary N) is 2. The molecule has 1 aliphatic heterocycles. The van der Waals surface area contributed by atoms with Crippen molar-refractivity contribution in [2.45, 2.75) is 42.9 Å². The monoisotopic (exact) mass is 840 g/mol. The van der Waals surface area contributed by atoms with Gasteiger partial charge in [0.1, 0.15) is 35.7 Å². The third-order valence-corrected chi connectivity index (χ3v) is 9.73. The SMILES string of the molecule is N#Cc1ccc(C(=O)Nc2cc(F)c(F)c([C@@]3(C(F)F)N=C(N)O[C@@H]4C[C@@H]43)c2)nc1.N#Cc1cnc(C(=O)Nc2ccc(Cl)c([C@H]3C[C@H]3O/C(N)=N\CF)c2)c(Cl)c1. The fraction of sp³-hybridized carbons (Fsp3) is 0.243. The Morgan fingerprint density at radius 2 is 1.71 bits per heavy atom. The van der Waals surface area contributed by atoms with Gasteiger partial charge in [-0.25, -0.2) is 41.9 Å². The highest BCUT2D eigenvalue weighted by Gasteiger charge is 2.64. The summed E-state index contributed by atoms with van der Waals surface area (Å²) in [5, 5.41) is 23.2. The van der Waals surface area contributed by atoms with Crippen LogP contribution >= 0.6 is 23.2 Å². The number of nitrogens with one attached hydrogen (secondary N) is 2. The molecule has 2 amide bonds. The number of amides is 2. The zero-order valence-corrected chi connectivity index (χ0v) is 30.9. The maximum atomic E-state index is 14.6. The number of pyridine rings is 2. The van der Waals surface area contributed by atoms with Crippen molar-refractivity contribution in [1.29, 1.82) is 10.5 Å². The molecule has 4 aromatic rings. The highest BCUT2D eigenvalue weighted by atomic mass is 35.5. The molecule has 21 heteroatoms. The molecule has 2 aliphatic carbocycles. The van der Waals surface area contributed by atoms with Crippen LogP contribution in [0.5, 0.6) is 0 Å². The second kappa shape index (κ2) is 16.9. The van der Waals surface area contributed by atoms with Crippen LogP contribution in [0.4, 0.5) is 33.3 Å². The Kier molecular flexibility index (Phi) is 12.0. The van der Waals surface area contributed by atoms with Crippen LogP contribution in [0.15, 0.2) is 70.9 Å². The van der Waals surface area contributed by atoms with Gasteiger partial charge < -0.3 is 31.6 Å². The van der Waals surface area contributed by atoms with Gasteiger partial charge in [-0.15, -0.1) is 0 Å². The summed E-state index contributed by atoms with van der Waals surface area (Å²) in [7, 11) is 0. The number of hydrogen-bond acceptors (Lipinski definition) is 11. The molecule has 14 nitrogen and oxygen atoms in total. The first kappa shape index (κ1) is 41.1. The summed E-state index contributed by atoms with van der Waals surface area (Å²) < 4.78 is 79.7. The van der Waals surface area contributed by atoms with E-state index in [1.807, 2.05) is 12.1 Å². The number of amidine groups is 2. The summed E-state index contributed by atoms with van der Waals surface area (Å²) in [6, 6.07) is 13.5. The fourth-order valence-electron chi connectivity index (χ4n) is 6.18. The predicted molar refractivity (Wildman–Crippen MR) is 199 cm³/mol. The lowest BCUT2D eigenvalue weighted by Crippen LogP contribution is -2.43. The number of carbonyl (C=O) groups is 2. The summed E-state index contributed by atoms with van der Waals surface area (Å²) >= 11 is 12.3. The van der Waals surface area contributed by atoms with Crippen LogP contribution in [-0.4, -0.2) is 59.3 Å². The molecule has 0 saturated heterocycles. The Balaban J connectivity index is 0.000000196. The van der Waals surface area contributed by atoms with Gasteiger partial charge in [0.05, 0.1) is 16.1 Å². The van der Waals surface area contributed by atoms with Gasteiger partial charge in [0, 0.05) is 52.3 Å². The van der Waals surface area contributed by atoms with E-state index in [9.17, 15) is 31.5 Å². The van der Waals surface area contributed by atoms with Crippen molar-refractivity contribution in [3.63, 3.8) is 0 Å². The molecule has 58 heavy (non-hydrogen) atoms. The van der Waals surface area contributed by atoms with E-state index >= 15 is 0 Å². The summed E-state index contributed by atoms with van der Waals surface area (Å²) in [6.07, 6.45) is -0.902. The first-order valence-corrected chi connectivity index (χ1v) is 17.6. The van der Waals surface area contributed by atoms with Crippen LogP contribution in [0, 0.1) is 40.2 Å². The summed E-state index contributed by atoms with van der Waals surface area (Å²) in [6.45, 7) is -0.947. The number of benzene rings is 2. The van der Waals surface area contributed by atoms with Gasteiger partial charge in [-0.2, -0.15) is 10.5 Å². The number of aliphatic imine (C=N–C) groups is 2. The first-order valence-electron chi connectivity index (χ1n) is 16.8. The van der Waals surface area contributed by atoms with Gasteiger partial charge in [0.2, 0.25) is 0 Å². The van der Waals surface area contributed by atoms with E-state index in [0.717, 1.165) is 17.8 Å². The Morgan fingerprint density at radius 3 is 2.36 bits per heavy atom. The van der Waals surface area contributed by atoms with E-state index in [1.165, 1.54) is 24.4 Å². The number of hydrogen-bond donors (Lipinski definition) is 4. The van der Waals surface area contributed by atoms with Crippen molar-refractivity contribution in [1.82, 2.24) is 9.97 Å². The number of nitrogens with zero attached hydrogens (tertiary/aromatic N) is 6. The molecule has 6 N–H and O–H groups in total. The molecular weight excluding hydrogens is 814 g/mol. The molecule has 0 radical (unpaired) electrons. The topological polar surface area (TPSA) is 227 Å². The van der Waals surface area contributed by atoms with Crippen LogP contribution < -0.4 is 22.1 Å². The normalized spacial score (nSPS) is 21.4. The number of anilines is 2. The third kappa shape index (κ3) is 8.70. The van der Waals surface area contributed by atoms with Crippen LogP contribution in [0.25, 0.3) is 0 Å². The number of aromatic nitrogens is 2. The molecule has 5 atom stereocenters. The molecule has 7 rings (SSSR count). The second-order valence-electron chi connectivity index (χ2n) is 12.9. The number of alkyl halides is 3. The zero-order valence-electron chi connectivity index (χ0n) is 29.4. The molecule has 3 heterocycles. The van der Waals surface area contributed by atoms with E-state index < -0.39 is 65.8 Å². The third-order valence-electron chi connectivity index (χ3n) is 9.10. The lowest BCUT2D eigenvalue weighted by molar-refractivity contribution is 0.0173. The number of ether oxygens (including phenoxy) is 2. The maximum absolute atomic E-state index is 14.6. The minimum Gasteiger partial charge on any atom is -0.462 e. The quantitative estimate of drug-likeness (QED) is 0.0636. The molecule has 298 valence electrons. The van der Waals surface area contributed by atoms with E-state index in [4.69, 9.17) is 54.7 Å². The minimum absolute atomic E-state index is 0.00000557. The lowest BCUT2D eigenvalue weighted by atomic mass is 9.84. The Hall–Kier alpha value is -6.57. The van der Waals surface area contributed by atoms with Gasteiger partial charge in [0.15, 0.2) is 24.0 Å². The molecular formula is C37H27Cl2F5N10O4. The summed E-state index contributed by atoms with van der Waals surface area (Å²) in [5.41, 5.74) is 9.14. The van der Waals surface area contributed by atoms with Gasteiger partial charge in [0.25, 0.3) is 30.3 Å². The maximum Gasteiger partial charge on any atom is 0.284 e. The number of halogens is 7. The molecule has 3 aliphatic rings. The highest BCUT2D eigenvalue weighted by molar-refractivity contribution is 6.34. The van der Waals surface area contributed by atoms with Crippen molar-refractivity contribution in [2.24, 2.45) is 27.4 Å². The number of nitriles is 2. The first-order chi connectivity index (χ1) is 27.7. The lowest BCUT2D eigenvalue weighted by Gasteiger charge is -2.33. The second-order valence-corrected chi connectivity index (χ2v) is 13.7. The van der Waals surface area contributed by atoms with Gasteiger partial charge in [-0.05, 0) is 60.9 Å². The number of fused-ring (bicyclic) bond motifs is 1. The van der Waals surface area contributed by atoms with E-state index in [2.05, 4.69) is 30.6 Å². The van der Waals surface area contributed by atoms with Crippen LogP contribution in [0.2, 0.25) is 10.0 Å². The average molecular weight is 842 g/mol. The van der Waals surface area contributed by atoms with Crippen molar-refractivity contribution in [2.75, 3.05) is 17.4 Å². The average Bonchev–Trinajstić information content (AvgIpc) is 4.13. The van der Waals surface area contributed by atoms with Gasteiger partial charge in [-0.3, -0.25) is 9.59 Å². The molecule has 0 spiro atoms. The molecule has 2 aromatic carbocycles. The van der Waals surface area contributed by atoms with Crippen molar-refractivity contribution >= 4 is 58.4 Å². The van der Waals surface area contributed by atoms with Crippen molar-refractivity contribution in [3.8, 4) is 12.1 Å². The molecule has 2 saturated carbocycles. The van der Waals surface area contributed by atoms with Gasteiger partial charge in [-0.1, -0.05) is 23.2 Å². The Labute approximate surface area is 335 Å². The Bertz CT molecular complexity index is 2430. The smallest absolute Gasteiger partial charge is 0.284 e. The summed E-state index contributed by atoms with van der Waals surface area (Å²) in [4.78, 5) is 39.5. The Morgan fingerprint density at radius 1 is 0.983 bits per heavy atom. The molecule has 0 bridgehead atoms. The van der Waals surface area contributed by atoms with Gasteiger partial charge >= 0.3 is 0 Å². The summed E-state index contributed by atoms with van der Waals surface area (Å²) in [5.74, 6) is -5.20. The predicted octanol–water partition coefficient (Wildman–Crippen LogP) is 6.30. The minimum atomic E-state index is -3.20. The van der Waals surface area contributed by atoms with Crippen LogP contribution in [0.3, 0.4) is 0 Å². The zero-order chi connectivity index (χ0) is 41.9. The van der Waals surface area contributed by atoms with Crippen LogP contribution in [0.1, 0.15) is 62.0 Å². The standard InChI is InChI=1S/C19H13F4N5O2.C18H14Cl2FN5O2/c20-12-4-9(27-16(29)13-2-1-8(6-24)7-26-13)3-11(15(12)21)19(17(22)23)10-5-14(10)30-18(25)28-19;19-13-2-1-10(4-11(13)12-5-15(12)28-18(23)25-8-21)26-17(27)16-14(20)3-9(6-22)7-24-16/h1-4,7,10,14,17H,5H2,(H2,25,28)(H,27,29);1-4,7,12,15H,5,8H2,(H2,23,25)(H,26,27)/t10-,14+,19-;12-,15-/m01/s1. The van der Waals surface area contributed by atoms with E-state index in [-0.39, 0.29) is 57.7 Å². The van der Waals surface area contributed by atoms with Crippen LogP contribution in [-0.2, 0) is 15.0 Å².